The summed E-state index contributed by atoms with van der Waals surface area (Å²) in [6, 6.07) is -0.0295. The van der Waals surface area contributed by atoms with E-state index < -0.39 is 11.4 Å². The average Bonchev–Trinajstić information content (AvgIpc) is 2.38. The van der Waals surface area contributed by atoms with Gasteiger partial charge in [0.25, 0.3) is 0 Å². The van der Waals surface area contributed by atoms with Crippen LogP contribution in [0.15, 0.2) is 0 Å². The highest BCUT2D eigenvalue weighted by Gasteiger charge is 2.42. The lowest BCUT2D eigenvalue weighted by Crippen LogP contribution is -2.53. The molecular formula is C13H24N2O4. The molecule has 0 spiro atoms. The Morgan fingerprint density at radius 2 is 1.95 bits per heavy atom. The van der Waals surface area contributed by atoms with Gasteiger partial charge in [-0.15, -0.1) is 0 Å². The SMILES string of the molecule is CC(C)N(CCC(=O)O)C(=O)C1(CN)CCOCC1. The summed E-state index contributed by atoms with van der Waals surface area (Å²) >= 11 is 0. The third-order valence-electron chi connectivity index (χ3n) is 3.75. The van der Waals surface area contributed by atoms with Crippen molar-refractivity contribution in [1.29, 1.82) is 0 Å². The molecule has 1 saturated heterocycles. The largest absolute Gasteiger partial charge is 0.481 e. The van der Waals surface area contributed by atoms with Crippen LogP contribution >= 0.6 is 0 Å². The Bertz CT molecular complexity index is 325. The molecule has 19 heavy (non-hydrogen) atoms. The van der Waals surface area contributed by atoms with E-state index in [1.54, 1.807) is 4.90 Å². The number of carbonyl (C=O) groups excluding carboxylic acids is 1. The van der Waals surface area contributed by atoms with Crippen molar-refractivity contribution < 1.29 is 19.4 Å². The molecule has 1 fully saturated rings. The van der Waals surface area contributed by atoms with Crippen LogP contribution in [0.4, 0.5) is 0 Å². The van der Waals surface area contributed by atoms with Crippen molar-refractivity contribution in [2.45, 2.75) is 39.2 Å². The number of carboxylic acid groups (broad SMARTS) is 1. The van der Waals surface area contributed by atoms with E-state index in [2.05, 4.69) is 0 Å². The number of carboxylic acids is 1. The number of carbonyl (C=O) groups is 2. The van der Waals surface area contributed by atoms with E-state index in [4.69, 9.17) is 15.6 Å². The zero-order valence-corrected chi connectivity index (χ0v) is 11.7. The smallest absolute Gasteiger partial charge is 0.305 e. The monoisotopic (exact) mass is 272 g/mol. The molecule has 0 aromatic rings. The van der Waals surface area contributed by atoms with Crippen LogP contribution in [-0.4, -0.2) is 54.2 Å². The zero-order valence-electron chi connectivity index (χ0n) is 11.7. The molecule has 0 aromatic heterocycles. The molecule has 0 unspecified atom stereocenters. The summed E-state index contributed by atoms with van der Waals surface area (Å²) in [7, 11) is 0. The van der Waals surface area contributed by atoms with Crippen molar-refractivity contribution in [2.75, 3.05) is 26.3 Å². The van der Waals surface area contributed by atoms with Crippen LogP contribution in [0.1, 0.15) is 33.1 Å². The van der Waals surface area contributed by atoms with Gasteiger partial charge in [0.1, 0.15) is 0 Å². The first-order chi connectivity index (χ1) is 8.93. The van der Waals surface area contributed by atoms with E-state index in [-0.39, 0.29) is 31.5 Å². The summed E-state index contributed by atoms with van der Waals surface area (Å²) in [6.45, 7) is 5.37. The highest BCUT2D eigenvalue weighted by molar-refractivity contribution is 5.84. The van der Waals surface area contributed by atoms with E-state index in [0.717, 1.165) is 0 Å². The summed E-state index contributed by atoms with van der Waals surface area (Å²) in [5.74, 6) is -0.929. The highest BCUT2D eigenvalue weighted by atomic mass is 16.5. The van der Waals surface area contributed by atoms with Gasteiger partial charge in [-0.2, -0.15) is 0 Å². The Labute approximate surface area is 113 Å². The molecule has 1 aliphatic heterocycles. The zero-order chi connectivity index (χ0) is 14.5. The number of hydrogen-bond acceptors (Lipinski definition) is 4. The lowest BCUT2D eigenvalue weighted by Gasteiger charge is -2.40. The molecule has 3 N–H and O–H groups in total. The Morgan fingerprint density at radius 3 is 2.37 bits per heavy atom. The lowest BCUT2D eigenvalue weighted by molar-refractivity contribution is -0.150. The van der Waals surface area contributed by atoms with Crippen molar-refractivity contribution in [3.8, 4) is 0 Å². The summed E-state index contributed by atoms with van der Waals surface area (Å²) in [6.07, 6.45) is 1.18. The fourth-order valence-electron chi connectivity index (χ4n) is 2.38. The molecule has 1 aliphatic rings. The molecule has 0 atom stereocenters. The van der Waals surface area contributed by atoms with Crippen LogP contribution < -0.4 is 5.73 Å². The number of aliphatic carboxylic acids is 1. The van der Waals surface area contributed by atoms with E-state index in [1.807, 2.05) is 13.8 Å². The molecule has 6 nitrogen and oxygen atoms in total. The topological polar surface area (TPSA) is 92.9 Å². The molecule has 0 aromatic carbocycles. The normalized spacial score (nSPS) is 18.3. The number of rotatable bonds is 6. The summed E-state index contributed by atoms with van der Waals surface area (Å²) in [5, 5.41) is 8.78. The Hall–Kier alpha value is -1.14. The maximum Gasteiger partial charge on any atom is 0.305 e. The van der Waals surface area contributed by atoms with Gasteiger partial charge in [0.05, 0.1) is 11.8 Å². The lowest BCUT2D eigenvalue weighted by atomic mass is 9.78. The van der Waals surface area contributed by atoms with Gasteiger partial charge in [-0.05, 0) is 26.7 Å². The fraction of sp³-hybridized carbons (Fsp3) is 0.846. The first-order valence-electron chi connectivity index (χ1n) is 6.73. The second kappa shape index (κ2) is 6.86. The van der Waals surface area contributed by atoms with Gasteiger partial charge in [-0.1, -0.05) is 0 Å². The Kier molecular flexibility index (Phi) is 5.75. The maximum absolute atomic E-state index is 12.7. The van der Waals surface area contributed by atoms with Gasteiger partial charge in [0.15, 0.2) is 0 Å². The van der Waals surface area contributed by atoms with Crippen molar-refractivity contribution >= 4 is 11.9 Å². The van der Waals surface area contributed by atoms with Gasteiger partial charge >= 0.3 is 5.97 Å². The first kappa shape index (κ1) is 15.9. The Balaban J connectivity index is 2.81. The summed E-state index contributed by atoms with van der Waals surface area (Å²) in [4.78, 5) is 25.0. The molecule has 0 radical (unpaired) electrons. The predicted molar refractivity (Wildman–Crippen MR) is 70.6 cm³/mol. The van der Waals surface area contributed by atoms with Crippen LogP contribution in [0, 0.1) is 5.41 Å². The van der Waals surface area contributed by atoms with Crippen LogP contribution in [0.3, 0.4) is 0 Å². The van der Waals surface area contributed by atoms with Gasteiger partial charge in [-0.25, -0.2) is 0 Å². The van der Waals surface area contributed by atoms with Crippen LogP contribution in [0.2, 0.25) is 0 Å². The molecule has 1 rings (SSSR count). The number of amides is 1. The molecule has 1 amide bonds. The summed E-state index contributed by atoms with van der Waals surface area (Å²) in [5.41, 5.74) is 5.23. The average molecular weight is 272 g/mol. The van der Waals surface area contributed by atoms with Crippen LogP contribution in [0.5, 0.6) is 0 Å². The van der Waals surface area contributed by atoms with E-state index in [9.17, 15) is 9.59 Å². The summed E-state index contributed by atoms with van der Waals surface area (Å²) < 4.78 is 5.29. The first-order valence-corrected chi connectivity index (χ1v) is 6.73. The van der Waals surface area contributed by atoms with E-state index in [0.29, 0.717) is 26.1 Å². The van der Waals surface area contributed by atoms with Crippen LogP contribution in [0.25, 0.3) is 0 Å². The third-order valence-corrected chi connectivity index (χ3v) is 3.75. The van der Waals surface area contributed by atoms with Crippen molar-refractivity contribution in [3.63, 3.8) is 0 Å². The molecule has 6 heteroatoms. The molecule has 0 bridgehead atoms. The highest BCUT2D eigenvalue weighted by Crippen LogP contribution is 2.32. The van der Waals surface area contributed by atoms with Gasteiger partial charge in [0, 0.05) is 32.3 Å². The van der Waals surface area contributed by atoms with Crippen molar-refractivity contribution in [3.05, 3.63) is 0 Å². The molecule has 1 heterocycles. The van der Waals surface area contributed by atoms with E-state index in [1.165, 1.54) is 0 Å². The molecule has 110 valence electrons. The van der Waals surface area contributed by atoms with Crippen molar-refractivity contribution in [2.24, 2.45) is 11.1 Å². The molecule has 0 saturated carbocycles. The van der Waals surface area contributed by atoms with Crippen molar-refractivity contribution in [1.82, 2.24) is 4.90 Å². The second-order valence-electron chi connectivity index (χ2n) is 5.33. The third kappa shape index (κ3) is 3.91. The van der Waals surface area contributed by atoms with Gasteiger partial charge < -0.3 is 20.5 Å². The minimum Gasteiger partial charge on any atom is -0.481 e. The fourth-order valence-corrected chi connectivity index (χ4v) is 2.38. The van der Waals surface area contributed by atoms with E-state index >= 15 is 0 Å². The second-order valence-corrected chi connectivity index (χ2v) is 5.33. The number of nitrogens with two attached hydrogens (primary N) is 1. The molecular weight excluding hydrogens is 248 g/mol. The maximum atomic E-state index is 12.7. The standard InChI is InChI=1S/C13H24N2O4/c1-10(2)15(6-3-11(16)17)12(18)13(9-14)4-7-19-8-5-13/h10H,3-9,14H2,1-2H3,(H,16,17). The van der Waals surface area contributed by atoms with Crippen LogP contribution in [-0.2, 0) is 14.3 Å². The molecule has 0 aliphatic carbocycles. The van der Waals surface area contributed by atoms with Gasteiger partial charge in [-0.3, -0.25) is 9.59 Å². The predicted octanol–water partition coefficient (Wildman–Crippen LogP) is 0.454. The Morgan fingerprint density at radius 1 is 1.37 bits per heavy atom. The van der Waals surface area contributed by atoms with Gasteiger partial charge in [0.2, 0.25) is 5.91 Å². The minimum atomic E-state index is -0.896. The number of ether oxygens (including phenoxy) is 1. The minimum absolute atomic E-state index is 0.0295. The number of hydrogen-bond donors (Lipinski definition) is 2. The quantitative estimate of drug-likeness (QED) is 0.732. The number of nitrogens with zero attached hydrogens (tertiary/aromatic N) is 1.